The van der Waals surface area contributed by atoms with Gasteiger partial charge < -0.3 is 11.1 Å². The summed E-state index contributed by atoms with van der Waals surface area (Å²) in [6.07, 6.45) is 2.86. The first-order valence-corrected chi connectivity index (χ1v) is 7.28. The van der Waals surface area contributed by atoms with E-state index >= 15 is 0 Å². The minimum Gasteiger partial charge on any atom is -0.399 e. The molecule has 1 aliphatic carbocycles. The maximum atomic E-state index is 12.3. The molecule has 3 rings (SSSR count). The van der Waals surface area contributed by atoms with Crippen molar-refractivity contribution in [1.29, 1.82) is 0 Å². The van der Waals surface area contributed by atoms with Crippen molar-refractivity contribution in [2.75, 3.05) is 5.73 Å². The second-order valence-corrected chi connectivity index (χ2v) is 5.56. The molecule has 1 unspecified atom stereocenters. The Morgan fingerprint density at radius 3 is 2.95 bits per heavy atom. The Bertz CT molecular complexity index is 782. The quantitative estimate of drug-likeness (QED) is 0.814. The molecule has 0 saturated carbocycles. The third kappa shape index (κ3) is 2.72. The zero-order chi connectivity index (χ0) is 15.7. The smallest absolute Gasteiger partial charge is 0.272 e. The van der Waals surface area contributed by atoms with Gasteiger partial charge in [-0.2, -0.15) is 5.10 Å². The molecule has 1 atom stereocenters. The summed E-state index contributed by atoms with van der Waals surface area (Å²) in [4.78, 5) is 23.7. The molecule has 114 valence electrons. The summed E-state index contributed by atoms with van der Waals surface area (Å²) in [5.41, 5.74) is 8.86. The molecule has 1 heterocycles. The lowest BCUT2D eigenvalue weighted by molar-refractivity contribution is 0.0925. The first-order valence-electron chi connectivity index (χ1n) is 7.28. The van der Waals surface area contributed by atoms with E-state index in [4.69, 9.17) is 5.73 Å². The molecule has 3 N–H and O–H groups in total. The number of nitrogens with two attached hydrogens (primary N) is 1. The average molecular weight is 298 g/mol. The minimum atomic E-state index is -0.273. The van der Waals surface area contributed by atoms with Crippen LogP contribution in [0, 0.1) is 0 Å². The molecule has 1 aromatic heterocycles. The number of nitrogens with zero attached hydrogens (tertiary/aromatic N) is 2. The Labute approximate surface area is 128 Å². The fourth-order valence-electron chi connectivity index (χ4n) is 2.84. The SMILES string of the molecule is Cn1nc(C(=O)NC2CCCc3cc(N)ccc32)ccc1=O. The summed E-state index contributed by atoms with van der Waals surface area (Å²) in [5.74, 6) is -0.273. The first kappa shape index (κ1) is 14.3. The number of nitrogen functional groups attached to an aromatic ring is 1. The molecule has 1 amide bonds. The van der Waals surface area contributed by atoms with Crippen LogP contribution in [0.15, 0.2) is 35.1 Å². The molecule has 6 nitrogen and oxygen atoms in total. The van der Waals surface area contributed by atoms with Gasteiger partial charge in [0.25, 0.3) is 11.5 Å². The summed E-state index contributed by atoms with van der Waals surface area (Å²) in [5, 5.41) is 6.98. The van der Waals surface area contributed by atoms with Crippen LogP contribution in [0.25, 0.3) is 0 Å². The monoisotopic (exact) mass is 298 g/mol. The normalized spacial score (nSPS) is 16.9. The van der Waals surface area contributed by atoms with Gasteiger partial charge in [-0.25, -0.2) is 4.68 Å². The van der Waals surface area contributed by atoms with Crippen molar-refractivity contribution >= 4 is 11.6 Å². The number of rotatable bonds is 2. The topological polar surface area (TPSA) is 90.0 Å². The van der Waals surface area contributed by atoms with E-state index in [0.29, 0.717) is 0 Å². The number of carbonyl (C=O) groups is 1. The highest BCUT2D eigenvalue weighted by Crippen LogP contribution is 2.31. The van der Waals surface area contributed by atoms with E-state index in [-0.39, 0.29) is 23.2 Å². The Balaban J connectivity index is 1.83. The summed E-state index contributed by atoms with van der Waals surface area (Å²) >= 11 is 0. The number of hydrogen-bond donors (Lipinski definition) is 2. The molecule has 2 aromatic rings. The molecule has 0 bridgehead atoms. The van der Waals surface area contributed by atoms with Gasteiger partial charge in [0.2, 0.25) is 0 Å². The van der Waals surface area contributed by atoms with E-state index in [9.17, 15) is 9.59 Å². The van der Waals surface area contributed by atoms with E-state index in [2.05, 4.69) is 10.4 Å². The summed E-state index contributed by atoms with van der Waals surface area (Å²) in [6, 6.07) is 8.55. The number of fused-ring (bicyclic) bond motifs is 1. The summed E-state index contributed by atoms with van der Waals surface area (Å²) in [6.45, 7) is 0. The van der Waals surface area contributed by atoms with Crippen molar-refractivity contribution in [2.45, 2.75) is 25.3 Å². The van der Waals surface area contributed by atoms with E-state index in [1.165, 1.54) is 24.7 Å². The number of aryl methyl sites for hydroxylation is 2. The van der Waals surface area contributed by atoms with Crippen LogP contribution in [0.2, 0.25) is 0 Å². The minimum absolute atomic E-state index is 0.0455. The second kappa shape index (κ2) is 5.63. The van der Waals surface area contributed by atoms with Crippen LogP contribution in [0.1, 0.15) is 40.5 Å². The Morgan fingerprint density at radius 1 is 1.36 bits per heavy atom. The van der Waals surface area contributed by atoms with Crippen LogP contribution in [0.3, 0.4) is 0 Å². The van der Waals surface area contributed by atoms with Crippen molar-refractivity contribution in [2.24, 2.45) is 7.05 Å². The molecule has 1 aliphatic rings. The van der Waals surface area contributed by atoms with Crippen molar-refractivity contribution in [3.63, 3.8) is 0 Å². The van der Waals surface area contributed by atoms with Crippen LogP contribution in [0.5, 0.6) is 0 Å². The summed E-state index contributed by atoms with van der Waals surface area (Å²) < 4.78 is 1.16. The molecule has 6 heteroatoms. The fraction of sp³-hybridized carbons (Fsp3) is 0.312. The third-order valence-electron chi connectivity index (χ3n) is 3.98. The van der Waals surface area contributed by atoms with E-state index in [1.54, 1.807) is 0 Å². The number of aromatic nitrogens is 2. The molecular formula is C16H18N4O2. The van der Waals surface area contributed by atoms with Crippen molar-refractivity contribution in [3.05, 3.63) is 57.5 Å². The van der Waals surface area contributed by atoms with Gasteiger partial charge in [-0.1, -0.05) is 6.07 Å². The zero-order valence-electron chi connectivity index (χ0n) is 12.4. The molecule has 0 spiro atoms. The third-order valence-corrected chi connectivity index (χ3v) is 3.98. The van der Waals surface area contributed by atoms with Crippen LogP contribution >= 0.6 is 0 Å². The van der Waals surface area contributed by atoms with E-state index < -0.39 is 0 Å². The maximum Gasteiger partial charge on any atom is 0.272 e. The van der Waals surface area contributed by atoms with Crippen molar-refractivity contribution < 1.29 is 4.79 Å². The van der Waals surface area contributed by atoms with Gasteiger partial charge in [0, 0.05) is 18.8 Å². The summed E-state index contributed by atoms with van der Waals surface area (Å²) in [7, 11) is 1.53. The lowest BCUT2D eigenvalue weighted by Gasteiger charge is -2.26. The predicted molar refractivity (Wildman–Crippen MR) is 83.5 cm³/mol. The highest BCUT2D eigenvalue weighted by molar-refractivity contribution is 5.92. The van der Waals surface area contributed by atoms with Gasteiger partial charge >= 0.3 is 0 Å². The van der Waals surface area contributed by atoms with Crippen LogP contribution < -0.4 is 16.6 Å². The molecule has 1 aromatic carbocycles. The van der Waals surface area contributed by atoms with Crippen molar-refractivity contribution in [1.82, 2.24) is 15.1 Å². The highest BCUT2D eigenvalue weighted by Gasteiger charge is 2.23. The van der Waals surface area contributed by atoms with Crippen LogP contribution in [-0.2, 0) is 13.5 Å². The largest absolute Gasteiger partial charge is 0.399 e. The second-order valence-electron chi connectivity index (χ2n) is 5.56. The van der Waals surface area contributed by atoms with E-state index in [0.717, 1.165) is 35.2 Å². The predicted octanol–water partition coefficient (Wildman–Crippen LogP) is 1.17. The zero-order valence-corrected chi connectivity index (χ0v) is 12.4. The lowest BCUT2D eigenvalue weighted by Crippen LogP contribution is -2.33. The standard InChI is InChI=1S/C16H18N4O2/c1-20-15(21)8-7-14(19-20)16(22)18-13-4-2-3-10-9-11(17)5-6-12(10)13/h5-9,13H,2-4,17H2,1H3,(H,18,22). The van der Waals surface area contributed by atoms with Gasteiger partial charge in [-0.05, 0) is 48.6 Å². The van der Waals surface area contributed by atoms with Crippen LogP contribution in [-0.4, -0.2) is 15.7 Å². The molecule has 0 saturated heterocycles. The number of amides is 1. The Kier molecular flexibility index (Phi) is 3.66. The molecular weight excluding hydrogens is 280 g/mol. The van der Waals surface area contributed by atoms with Gasteiger partial charge in [0.15, 0.2) is 0 Å². The van der Waals surface area contributed by atoms with Gasteiger partial charge in [0.05, 0.1) is 6.04 Å². The molecule has 0 fully saturated rings. The molecule has 0 aliphatic heterocycles. The number of anilines is 1. The van der Waals surface area contributed by atoms with Crippen molar-refractivity contribution in [3.8, 4) is 0 Å². The number of nitrogens with one attached hydrogen (secondary N) is 1. The molecule has 0 radical (unpaired) electrons. The number of benzene rings is 1. The highest BCUT2D eigenvalue weighted by atomic mass is 16.2. The van der Waals surface area contributed by atoms with Crippen LogP contribution in [0.4, 0.5) is 5.69 Å². The van der Waals surface area contributed by atoms with E-state index in [1.807, 2.05) is 18.2 Å². The maximum absolute atomic E-state index is 12.3. The fourth-order valence-corrected chi connectivity index (χ4v) is 2.84. The average Bonchev–Trinajstić information content (AvgIpc) is 2.50. The van der Waals surface area contributed by atoms with Gasteiger partial charge in [-0.15, -0.1) is 0 Å². The molecule has 22 heavy (non-hydrogen) atoms. The van der Waals surface area contributed by atoms with Gasteiger partial charge in [-0.3, -0.25) is 9.59 Å². The Morgan fingerprint density at radius 2 is 2.18 bits per heavy atom. The van der Waals surface area contributed by atoms with Gasteiger partial charge in [0.1, 0.15) is 5.69 Å². The Hall–Kier alpha value is -2.63. The number of carbonyl (C=O) groups excluding carboxylic acids is 1. The number of hydrogen-bond acceptors (Lipinski definition) is 4. The lowest BCUT2D eigenvalue weighted by atomic mass is 9.87. The first-order chi connectivity index (χ1) is 10.5.